The molecular weight excluding hydrogens is 306 g/mol. The van der Waals surface area contributed by atoms with Crippen molar-refractivity contribution in [1.29, 1.82) is 0 Å². The molecule has 0 atom stereocenters. The molecule has 1 fully saturated rings. The SMILES string of the molecule is Cc1ccc(C(=O)NCC2(C)CCOCC2)cc1Br. The summed E-state index contributed by atoms with van der Waals surface area (Å²) in [6.45, 7) is 6.52. The Balaban J connectivity index is 1.95. The van der Waals surface area contributed by atoms with Gasteiger partial charge >= 0.3 is 0 Å². The molecule has 1 saturated heterocycles. The molecule has 0 radical (unpaired) electrons. The number of ether oxygens (including phenoxy) is 1. The zero-order valence-corrected chi connectivity index (χ0v) is 13.0. The van der Waals surface area contributed by atoms with Gasteiger partial charge in [-0.1, -0.05) is 28.9 Å². The molecule has 0 saturated carbocycles. The zero-order chi connectivity index (χ0) is 13.9. The summed E-state index contributed by atoms with van der Waals surface area (Å²) in [4.78, 5) is 12.1. The highest BCUT2D eigenvalue weighted by Crippen LogP contribution is 2.28. The second-order valence-electron chi connectivity index (χ2n) is 5.57. The van der Waals surface area contributed by atoms with Gasteiger partial charge in [0.1, 0.15) is 0 Å². The first kappa shape index (κ1) is 14.5. The van der Waals surface area contributed by atoms with Crippen LogP contribution in [0.15, 0.2) is 22.7 Å². The maximum atomic E-state index is 12.1. The standard InChI is InChI=1S/C15H20BrNO2/c1-11-3-4-12(9-13(11)16)14(18)17-10-15(2)5-7-19-8-6-15/h3-4,9H,5-8,10H2,1-2H3,(H,17,18). The highest BCUT2D eigenvalue weighted by Gasteiger charge is 2.27. The van der Waals surface area contributed by atoms with Gasteiger partial charge in [0.15, 0.2) is 0 Å². The van der Waals surface area contributed by atoms with E-state index < -0.39 is 0 Å². The topological polar surface area (TPSA) is 38.3 Å². The maximum Gasteiger partial charge on any atom is 0.251 e. The molecule has 2 rings (SSSR count). The Morgan fingerprint density at radius 2 is 2.11 bits per heavy atom. The average molecular weight is 326 g/mol. The van der Waals surface area contributed by atoms with Crippen LogP contribution in [0, 0.1) is 12.3 Å². The van der Waals surface area contributed by atoms with Gasteiger partial charge in [0.25, 0.3) is 5.91 Å². The minimum Gasteiger partial charge on any atom is -0.381 e. The summed E-state index contributed by atoms with van der Waals surface area (Å²) in [6, 6.07) is 5.69. The van der Waals surface area contributed by atoms with Crippen molar-refractivity contribution in [2.24, 2.45) is 5.41 Å². The first-order valence-corrected chi connectivity index (χ1v) is 7.42. The summed E-state index contributed by atoms with van der Waals surface area (Å²) in [5.41, 5.74) is 2.00. The second kappa shape index (κ2) is 6.06. The van der Waals surface area contributed by atoms with E-state index in [2.05, 4.69) is 28.2 Å². The average Bonchev–Trinajstić information content (AvgIpc) is 2.40. The predicted octanol–water partition coefficient (Wildman–Crippen LogP) is 3.30. The monoisotopic (exact) mass is 325 g/mol. The number of aryl methyl sites for hydroxylation is 1. The van der Waals surface area contributed by atoms with Crippen molar-refractivity contribution in [2.45, 2.75) is 26.7 Å². The molecule has 104 valence electrons. The number of amides is 1. The van der Waals surface area contributed by atoms with Crippen molar-refractivity contribution in [3.05, 3.63) is 33.8 Å². The Morgan fingerprint density at radius 1 is 1.42 bits per heavy atom. The first-order valence-electron chi connectivity index (χ1n) is 6.62. The van der Waals surface area contributed by atoms with Gasteiger partial charge in [-0.2, -0.15) is 0 Å². The first-order chi connectivity index (χ1) is 9.00. The molecule has 0 spiro atoms. The quantitative estimate of drug-likeness (QED) is 0.925. The van der Waals surface area contributed by atoms with Crippen molar-refractivity contribution in [3.63, 3.8) is 0 Å². The van der Waals surface area contributed by atoms with Gasteiger partial charge in [-0.3, -0.25) is 4.79 Å². The number of hydrogen-bond acceptors (Lipinski definition) is 2. The van der Waals surface area contributed by atoms with Gasteiger partial charge in [-0.25, -0.2) is 0 Å². The number of benzene rings is 1. The minimum absolute atomic E-state index is 0.00610. The molecule has 1 aliphatic rings. The number of rotatable bonds is 3. The molecule has 1 aromatic rings. The van der Waals surface area contributed by atoms with Crippen LogP contribution in [0.3, 0.4) is 0 Å². The van der Waals surface area contributed by atoms with Crippen LogP contribution in [0.5, 0.6) is 0 Å². The lowest BCUT2D eigenvalue weighted by molar-refractivity contribution is 0.0238. The lowest BCUT2D eigenvalue weighted by Crippen LogP contribution is -2.39. The van der Waals surface area contributed by atoms with E-state index >= 15 is 0 Å². The molecule has 1 heterocycles. The molecule has 1 aliphatic heterocycles. The van der Waals surface area contributed by atoms with Gasteiger partial charge in [0, 0.05) is 29.8 Å². The maximum absolute atomic E-state index is 12.1. The highest BCUT2D eigenvalue weighted by atomic mass is 79.9. The van der Waals surface area contributed by atoms with Gasteiger partial charge in [0.05, 0.1) is 0 Å². The molecule has 1 N–H and O–H groups in total. The van der Waals surface area contributed by atoms with E-state index in [1.807, 2.05) is 25.1 Å². The second-order valence-corrected chi connectivity index (χ2v) is 6.42. The van der Waals surface area contributed by atoms with E-state index in [0.29, 0.717) is 12.1 Å². The summed E-state index contributed by atoms with van der Waals surface area (Å²) in [7, 11) is 0. The minimum atomic E-state index is -0.00610. The predicted molar refractivity (Wildman–Crippen MR) is 79.4 cm³/mol. The Labute approximate surface area is 122 Å². The summed E-state index contributed by atoms with van der Waals surface area (Å²) in [5.74, 6) is -0.00610. The van der Waals surface area contributed by atoms with E-state index in [0.717, 1.165) is 36.1 Å². The summed E-state index contributed by atoms with van der Waals surface area (Å²) in [6.07, 6.45) is 2.01. The van der Waals surface area contributed by atoms with Crippen LogP contribution in [0.2, 0.25) is 0 Å². The van der Waals surface area contributed by atoms with Gasteiger partial charge in [-0.15, -0.1) is 0 Å². The fourth-order valence-electron chi connectivity index (χ4n) is 2.17. The molecule has 0 unspecified atom stereocenters. The van der Waals surface area contributed by atoms with E-state index in [9.17, 15) is 4.79 Å². The van der Waals surface area contributed by atoms with Crippen molar-refractivity contribution in [1.82, 2.24) is 5.32 Å². The molecule has 1 aromatic carbocycles. The van der Waals surface area contributed by atoms with Crippen molar-refractivity contribution in [2.75, 3.05) is 19.8 Å². The van der Waals surface area contributed by atoms with Crippen molar-refractivity contribution >= 4 is 21.8 Å². The Kier molecular flexibility index (Phi) is 4.63. The summed E-state index contributed by atoms with van der Waals surface area (Å²) in [5, 5.41) is 3.04. The van der Waals surface area contributed by atoms with Gasteiger partial charge < -0.3 is 10.1 Å². The van der Waals surface area contributed by atoms with Crippen LogP contribution in [0.25, 0.3) is 0 Å². The third-order valence-corrected chi connectivity index (χ3v) is 4.66. The van der Waals surface area contributed by atoms with Crippen LogP contribution >= 0.6 is 15.9 Å². The van der Waals surface area contributed by atoms with Crippen LogP contribution in [0.4, 0.5) is 0 Å². The number of nitrogens with one attached hydrogen (secondary N) is 1. The molecule has 19 heavy (non-hydrogen) atoms. The molecule has 3 nitrogen and oxygen atoms in total. The van der Waals surface area contributed by atoms with Crippen molar-refractivity contribution in [3.8, 4) is 0 Å². The molecule has 4 heteroatoms. The van der Waals surface area contributed by atoms with Gasteiger partial charge in [-0.05, 0) is 42.9 Å². The lowest BCUT2D eigenvalue weighted by atomic mass is 9.82. The van der Waals surface area contributed by atoms with E-state index in [-0.39, 0.29) is 11.3 Å². The molecular formula is C15H20BrNO2. The fraction of sp³-hybridized carbons (Fsp3) is 0.533. The van der Waals surface area contributed by atoms with Crippen LogP contribution in [-0.4, -0.2) is 25.7 Å². The smallest absolute Gasteiger partial charge is 0.251 e. The summed E-state index contributed by atoms with van der Waals surface area (Å²) >= 11 is 3.46. The van der Waals surface area contributed by atoms with Crippen LogP contribution < -0.4 is 5.32 Å². The molecule has 1 amide bonds. The van der Waals surface area contributed by atoms with Crippen LogP contribution in [0.1, 0.15) is 35.7 Å². The number of hydrogen-bond donors (Lipinski definition) is 1. The van der Waals surface area contributed by atoms with Crippen molar-refractivity contribution < 1.29 is 9.53 Å². The number of carbonyl (C=O) groups is 1. The lowest BCUT2D eigenvalue weighted by Gasteiger charge is -2.33. The summed E-state index contributed by atoms with van der Waals surface area (Å²) < 4.78 is 6.34. The van der Waals surface area contributed by atoms with E-state index in [4.69, 9.17) is 4.74 Å². The van der Waals surface area contributed by atoms with E-state index in [1.165, 1.54) is 0 Å². The fourth-order valence-corrected chi connectivity index (χ4v) is 2.55. The largest absolute Gasteiger partial charge is 0.381 e. The highest BCUT2D eigenvalue weighted by molar-refractivity contribution is 9.10. The number of halogens is 1. The van der Waals surface area contributed by atoms with E-state index in [1.54, 1.807) is 0 Å². The molecule has 0 bridgehead atoms. The Morgan fingerprint density at radius 3 is 2.74 bits per heavy atom. The molecule has 0 aliphatic carbocycles. The molecule has 0 aromatic heterocycles. The number of carbonyl (C=O) groups excluding carboxylic acids is 1. The normalized spacial score (nSPS) is 18.1. The third kappa shape index (κ3) is 3.80. The van der Waals surface area contributed by atoms with Gasteiger partial charge in [0.2, 0.25) is 0 Å². The van der Waals surface area contributed by atoms with Crippen LogP contribution in [-0.2, 0) is 4.74 Å². The third-order valence-electron chi connectivity index (χ3n) is 3.81. The Bertz CT molecular complexity index is 467. The zero-order valence-electron chi connectivity index (χ0n) is 11.5. The Hall–Kier alpha value is -0.870.